The Bertz CT molecular complexity index is 579. The third-order valence-corrected chi connectivity index (χ3v) is 2.96. The Morgan fingerprint density at radius 2 is 2.25 bits per heavy atom. The third-order valence-electron chi connectivity index (χ3n) is 2.96. The van der Waals surface area contributed by atoms with Crippen molar-refractivity contribution in [2.45, 2.75) is 32.2 Å². The molecule has 7 nitrogen and oxygen atoms in total. The Hall–Kier alpha value is -2.62. The molecule has 1 rings (SSSR count). The van der Waals surface area contributed by atoms with E-state index in [1.807, 2.05) is 13.0 Å². The van der Waals surface area contributed by atoms with Gasteiger partial charge in [0.2, 0.25) is 0 Å². The van der Waals surface area contributed by atoms with E-state index in [0.717, 1.165) is 6.07 Å². The number of rotatable bonds is 6. The average molecular weight is 277 g/mol. The minimum absolute atomic E-state index is 0.0901. The minimum Gasteiger partial charge on any atom is -0.480 e. The zero-order chi connectivity index (χ0) is 15.3. The van der Waals surface area contributed by atoms with E-state index in [1.54, 1.807) is 0 Å². The van der Waals surface area contributed by atoms with Gasteiger partial charge in [0.05, 0.1) is 16.6 Å². The van der Waals surface area contributed by atoms with Crippen LogP contribution in [0, 0.1) is 21.4 Å². The van der Waals surface area contributed by atoms with Crippen LogP contribution in [0.15, 0.2) is 18.2 Å². The lowest BCUT2D eigenvalue weighted by atomic mass is 9.95. The number of nitro benzene ring substituents is 1. The van der Waals surface area contributed by atoms with E-state index < -0.39 is 16.4 Å². The summed E-state index contributed by atoms with van der Waals surface area (Å²) in [4.78, 5) is 21.7. The third kappa shape index (κ3) is 3.23. The first-order valence-corrected chi connectivity index (χ1v) is 6.04. The van der Waals surface area contributed by atoms with Crippen LogP contribution in [0.4, 0.5) is 11.4 Å². The molecule has 1 aromatic rings. The molecular weight excluding hydrogens is 262 g/mol. The second kappa shape index (κ2) is 6.02. The molecule has 1 unspecified atom stereocenters. The average Bonchev–Trinajstić information content (AvgIpc) is 2.39. The molecule has 0 aliphatic heterocycles. The molecule has 0 saturated heterocycles. The molecular formula is C13H15N3O4. The lowest BCUT2D eigenvalue weighted by molar-refractivity contribution is -0.384. The fourth-order valence-electron chi connectivity index (χ4n) is 1.88. The van der Waals surface area contributed by atoms with Crippen LogP contribution in [-0.4, -0.2) is 21.5 Å². The summed E-state index contributed by atoms with van der Waals surface area (Å²) in [6, 6.07) is 5.69. The summed E-state index contributed by atoms with van der Waals surface area (Å²) in [6.07, 6.45) is 0.930. The van der Waals surface area contributed by atoms with Crippen molar-refractivity contribution in [1.82, 2.24) is 0 Å². The lowest BCUT2D eigenvalue weighted by Gasteiger charge is -2.26. The highest BCUT2D eigenvalue weighted by molar-refractivity contribution is 5.83. The van der Waals surface area contributed by atoms with Gasteiger partial charge in [-0.1, -0.05) is 13.3 Å². The predicted molar refractivity (Wildman–Crippen MR) is 72.4 cm³/mol. The van der Waals surface area contributed by atoms with Crippen molar-refractivity contribution in [1.29, 1.82) is 5.26 Å². The van der Waals surface area contributed by atoms with Gasteiger partial charge in [-0.15, -0.1) is 0 Å². The van der Waals surface area contributed by atoms with Crippen LogP contribution in [0.5, 0.6) is 0 Å². The molecule has 0 bridgehead atoms. The molecule has 2 N–H and O–H groups in total. The zero-order valence-electron chi connectivity index (χ0n) is 11.2. The number of aliphatic carboxylic acids is 1. The first-order chi connectivity index (χ1) is 9.34. The number of nitro groups is 1. The van der Waals surface area contributed by atoms with Crippen molar-refractivity contribution in [3.05, 3.63) is 33.9 Å². The van der Waals surface area contributed by atoms with Gasteiger partial charge in [-0.25, -0.2) is 4.79 Å². The van der Waals surface area contributed by atoms with Gasteiger partial charge in [0.15, 0.2) is 0 Å². The normalized spacial score (nSPS) is 13.1. The van der Waals surface area contributed by atoms with E-state index in [4.69, 9.17) is 5.26 Å². The van der Waals surface area contributed by atoms with Crippen LogP contribution in [0.3, 0.4) is 0 Å². The smallest absolute Gasteiger partial charge is 0.329 e. The molecule has 1 aromatic carbocycles. The maximum atomic E-state index is 11.3. The number of carbonyl (C=O) groups is 1. The summed E-state index contributed by atoms with van der Waals surface area (Å²) >= 11 is 0. The lowest BCUT2D eigenvalue weighted by Crippen LogP contribution is -2.43. The molecule has 0 amide bonds. The molecule has 1 atom stereocenters. The van der Waals surface area contributed by atoms with Crippen LogP contribution in [0.1, 0.15) is 32.3 Å². The molecule has 0 aliphatic carbocycles. The summed E-state index contributed by atoms with van der Waals surface area (Å²) in [7, 11) is 0. The predicted octanol–water partition coefficient (Wildman–Crippen LogP) is 2.52. The largest absolute Gasteiger partial charge is 0.480 e. The topological polar surface area (TPSA) is 116 Å². The first-order valence-electron chi connectivity index (χ1n) is 6.04. The maximum absolute atomic E-state index is 11.3. The van der Waals surface area contributed by atoms with Crippen molar-refractivity contribution in [2.24, 2.45) is 0 Å². The first kappa shape index (κ1) is 15.4. The minimum atomic E-state index is -1.30. The van der Waals surface area contributed by atoms with Crippen molar-refractivity contribution >= 4 is 17.3 Å². The molecule has 0 radical (unpaired) electrons. The second-order valence-electron chi connectivity index (χ2n) is 4.61. The highest BCUT2D eigenvalue weighted by Gasteiger charge is 2.34. The number of nitrogens with zero attached hydrogens (tertiary/aromatic N) is 2. The van der Waals surface area contributed by atoms with Crippen LogP contribution < -0.4 is 5.32 Å². The van der Waals surface area contributed by atoms with Crippen molar-refractivity contribution in [2.75, 3.05) is 5.32 Å². The van der Waals surface area contributed by atoms with E-state index >= 15 is 0 Å². The number of hydrogen-bond acceptors (Lipinski definition) is 5. The number of nitriles is 1. The zero-order valence-corrected chi connectivity index (χ0v) is 11.2. The SMILES string of the molecule is CCCC(C)(Nc1ccc(C#N)cc1[N+](=O)[O-])C(=O)O. The van der Waals surface area contributed by atoms with Crippen molar-refractivity contribution in [3.63, 3.8) is 0 Å². The van der Waals surface area contributed by atoms with Crippen LogP contribution in [0.2, 0.25) is 0 Å². The van der Waals surface area contributed by atoms with Gasteiger partial charge in [0.25, 0.3) is 5.69 Å². The molecule has 0 saturated carbocycles. The molecule has 106 valence electrons. The van der Waals surface area contributed by atoms with Crippen LogP contribution >= 0.6 is 0 Å². The Morgan fingerprint density at radius 3 is 2.70 bits per heavy atom. The Labute approximate surface area is 116 Å². The fraction of sp³-hybridized carbons (Fsp3) is 0.385. The number of nitrogens with one attached hydrogen (secondary N) is 1. The van der Waals surface area contributed by atoms with Gasteiger partial charge in [-0.2, -0.15) is 5.26 Å². The number of benzene rings is 1. The Balaban J connectivity index is 3.23. The standard InChI is InChI=1S/C13H15N3O4/c1-3-6-13(2,12(17)18)15-10-5-4-9(8-14)7-11(10)16(19)20/h4-5,7,15H,3,6H2,1-2H3,(H,17,18). The van der Waals surface area contributed by atoms with E-state index in [0.29, 0.717) is 12.8 Å². The molecule has 0 fully saturated rings. The summed E-state index contributed by atoms with van der Waals surface area (Å²) in [5.41, 5.74) is -1.37. The summed E-state index contributed by atoms with van der Waals surface area (Å²) in [6.45, 7) is 3.30. The van der Waals surface area contributed by atoms with Gasteiger partial charge in [-0.05, 0) is 25.5 Å². The molecule has 7 heteroatoms. The van der Waals surface area contributed by atoms with Gasteiger partial charge in [-0.3, -0.25) is 10.1 Å². The molecule has 0 aromatic heterocycles. The van der Waals surface area contributed by atoms with E-state index in [2.05, 4.69) is 5.32 Å². The number of carboxylic acids is 1. The van der Waals surface area contributed by atoms with E-state index in [1.165, 1.54) is 19.1 Å². The summed E-state index contributed by atoms with van der Waals surface area (Å²) in [5, 5.41) is 31.7. The van der Waals surface area contributed by atoms with Gasteiger partial charge >= 0.3 is 5.97 Å². The number of anilines is 1. The van der Waals surface area contributed by atoms with E-state index in [9.17, 15) is 20.0 Å². The van der Waals surface area contributed by atoms with E-state index in [-0.39, 0.29) is 16.9 Å². The maximum Gasteiger partial charge on any atom is 0.329 e. The second-order valence-corrected chi connectivity index (χ2v) is 4.61. The molecule has 0 heterocycles. The monoisotopic (exact) mass is 277 g/mol. The Kier molecular flexibility index (Phi) is 4.64. The van der Waals surface area contributed by atoms with Gasteiger partial charge in [0, 0.05) is 6.07 Å². The number of hydrogen-bond donors (Lipinski definition) is 2. The van der Waals surface area contributed by atoms with Crippen molar-refractivity contribution in [3.8, 4) is 6.07 Å². The molecule has 0 aliphatic rings. The fourth-order valence-corrected chi connectivity index (χ4v) is 1.88. The number of carboxylic acid groups (broad SMARTS) is 1. The van der Waals surface area contributed by atoms with Crippen LogP contribution in [0.25, 0.3) is 0 Å². The summed E-state index contributed by atoms with van der Waals surface area (Å²) in [5.74, 6) is -1.09. The Morgan fingerprint density at radius 1 is 1.60 bits per heavy atom. The van der Waals surface area contributed by atoms with Gasteiger partial charge in [0.1, 0.15) is 11.2 Å². The highest BCUT2D eigenvalue weighted by Crippen LogP contribution is 2.29. The quantitative estimate of drug-likeness (QED) is 0.609. The molecule has 20 heavy (non-hydrogen) atoms. The highest BCUT2D eigenvalue weighted by atomic mass is 16.6. The molecule has 0 spiro atoms. The summed E-state index contributed by atoms with van der Waals surface area (Å²) < 4.78 is 0. The van der Waals surface area contributed by atoms with Gasteiger partial charge < -0.3 is 10.4 Å². The van der Waals surface area contributed by atoms with Crippen LogP contribution in [-0.2, 0) is 4.79 Å². The van der Waals surface area contributed by atoms with Crippen molar-refractivity contribution < 1.29 is 14.8 Å².